The highest BCUT2D eigenvalue weighted by Crippen LogP contribution is 2.43. The van der Waals surface area contributed by atoms with Gasteiger partial charge in [-0.25, -0.2) is 4.39 Å². The lowest BCUT2D eigenvalue weighted by Gasteiger charge is -2.42. The maximum absolute atomic E-state index is 13.8. The molecule has 1 saturated carbocycles. The van der Waals surface area contributed by atoms with Crippen LogP contribution in [-0.4, -0.2) is 6.54 Å². The van der Waals surface area contributed by atoms with E-state index >= 15 is 0 Å². The van der Waals surface area contributed by atoms with Gasteiger partial charge in [0.1, 0.15) is 5.82 Å². The fourth-order valence-corrected chi connectivity index (χ4v) is 2.90. The SMILES string of the molecule is CCC(NCC1(CC)CCC1)c1ccccc1F. The summed E-state index contributed by atoms with van der Waals surface area (Å²) in [6.45, 7) is 5.41. The summed E-state index contributed by atoms with van der Waals surface area (Å²) >= 11 is 0. The van der Waals surface area contributed by atoms with Gasteiger partial charge < -0.3 is 5.32 Å². The second kappa shape index (κ2) is 5.83. The van der Waals surface area contributed by atoms with Crippen LogP contribution in [0.25, 0.3) is 0 Å². The van der Waals surface area contributed by atoms with Gasteiger partial charge in [0, 0.05) is 18.2 Å². The maximum atomic E-state index is 13.8. The molecule has 2 rings (SSSR count). The van der Waals surface area contributed by atoms with E-state index in [2.05, 4.69) is 19.2 Å². The van der Waals surface area contributed by atoms with Gasteiger partial charge in [0.05, 0.1) is 0 Å². The number of rotatable bonds is 6. The molecule has 0 heterocycles. The lowest BCUT2D eigenvalue weighted by atomic mass is 9.67. The van der Waals surface area contributed by atoms with Crippen LogP contribution in [-0.2, 0) is 0 Å². The second-order valence-electron chi connectivity index (χ2n) is 5.57. The third kappa shape index (κ3) is 2.74. The molecule has 0 bridgehead atoms. The van der Waals surface area contributed by atoms with Gasteiger partial charge in [-0.15, -0.1) is 0 Å². The number of halogens is 1. The number of benzene rings is 1. The Hall–Kier alpha value is -0.890. The topological polar surface area (TPSA) is 12.0 Å². The van der Waals surface area contributed by atoms with Crippen LogP contribution in [0.15, 0.2) is 24.3 Å². The molecule has 1 aliphatic rings. The quantitative estimate of drug-likeness (QED) is 0.785. The van der Waals surface area contributed by atoms with E-state index in [1.54, 1.807) is 12.1 Å². The molecule has 1 fully saturated rings. The van der Waals surface area contributed by atoms with Gasteiger partial charge in [-0.3, -0.25) is 0 Å². The third-order valence-electron chi connectivity index (χ3n) is 4.58. The maximum Gasteiger partial charge on any atom is 0.127 e. The molecule has 2 heteroatoms. The van der Waals surface area contributed by atoms with E-state index in [-0.39, 0.29) is 11.9 Å². The molecular weight excluding hydrogens is 225 g/mol. The van der Waals surface area contributed by atoms with Crippen LogP contribution < -0.4 is 5.32 Å². The fraction of sp³-hybridized carbons (Fsp3) is 0.625. The van der Waals surface area contributed by atoms with Crippen molar-refractivity contribution in [1.82, 2.24) is 5.32 Å². The predicted octanol–water partition coefficient (Wildman–Crippen LogP) is 4.45. The molecule has 0 aromatic heterocycles. The van der Waals surface area contributed by atoms with Crippen LogP contribution in [0.1, 0.15) is 57.6 Å². The zero-order valence-corrected chi connectivity index (χ0v) is 11.5. The molecule has 100 valence electrons. The molecule has 0 amide bonds. The summed E-state index contributed by atoms with van der Waals surface area (Å²) in [5, 5.41) is 3.58. The summed E-state index contributed by atoms with van der Waals surface area (Å²) in [5.41, 5.74) is 1.30. The zero-order chi connectivity index (χ0) is 13.0. The summed E-state index contributed by atoms with van der Waals surface area (Å²) in [4.78, 5) is 0. The van der Waals surface area contributed by atoms with Gasteiger partial charge in [-0.2, -0.15) is 0 Å². The summed E-state index contributed by atoms with van der Waals surface area (Å²) in [7, 11) is 0. The van der Waals surface area contributed by atoms with Crippen molar-refractivity contribution in [2.75, 3.05) is 6.54 Å². The zero-order valence-electron chi connectivity index (χ0n) is 11.5. The Labute approximate surface area is 110 Å². The van der Waals surface area contributed by atoms with E-state index in [0.717, 1.165) is 18.5 Å². The molecular formula is C16H24FN. The normalized spacial score (nSPS) is 19.3. The lowest BCUT2D eigenvalue weighted by molar-refractivity contribution is 0.118. The summed E-state index contributed by atoms with van der Waals surface area (Å²) < 4.78 is 13.8. The van der Waals surface area contributed by atoms with E-state index < -0.39 is 0 Å². The van der Waals surface area contributed by atoms with Crippen molar-refractivity contribution in [1.29, 1.82) is 0 Å². The molecule has 0 saturated heterocycles. The van der Waals surface area contributed by atoms with Crippen molar-refractivity contribution < 1.29 is 4.39 Å². The van der Waals surface area contributed by atoms with Crippen molar-refractivity contribution in [3.05, 3.63) is 35.6 Å². The smallest absolute Gasteiger partial charge is 0.127 e. The van der Waals surface area contributed by atoms with Gasteiger partial charge >= 0.3 is 0 Å². The predicted molar refractivity (Wildman–Crippen MR) is 74.0 cm³/mol. The van der Waals surface area contributed by atoms with Crippen molar-refractivity contribution in [2.45, 2.75) is 52.0 Å². The lowest BCUT2D eigenvalue weighted by Crippen LogP contribution is -2.40. The molecule has 0 aliphatic heterocycles. The highest BCUT2D eigenvalue weighted by molar-refractivity contribution is 5.21. The average molecular weight is 249 g/mol. The number of hydrogen-bond donors (Lipinski definition) is 1. The number of hydrogen-bond acceptors (Lipinski definition) is 1. The standard InChI is InChI=1S/C16H24FN/c1-3-15(13-8-5-6-9-14(13)17)18-12-16(4-2)10-7-11-16/h5-6,8-9,15,18H,3-4,7,10-12H2,1-2H3. The van der Waals surface area contributed by atoms with Crippen LogP contribution in [0.3, 0.4) is 0 Å². The largest absolute Gasteiger partial charge is 0.309 e. The van der Waals surface area contributed by atoms with Crippen molar-refractivity contribution >= 4 is 0 Å². The minimum atomic E-state index is -0.0870. The van der Waals surface area contributed by atoms with Crippen LogP contribution in [0.2, 0.25) is 0 Å². The van der Waals surface area contributed by atoms with Gasteiger partial charge in [0.15, 0.2) is 0 Å². The molecule has 1 aliphatic carbocycles. The fourth-order valence-electron chi connectivity index (χ4n) is 2.90. The Morgan fingerprint density at radius 2 is 2.00 bits per heavy atom. The molecule has 0 spiro atoms. The molecule has 1 unspecified atom stereocenters. The first-order valence-electron chi connectivity index (χ1n) is 7.18. The molecule has 1 atom stereocenters. The summed E-state index contributed by atoms with van der Waals surface area (Å²) in [6, 6.07) is 7.27. The van der Waals surface area contributed by atoms with Gasteiger partial charge in [0.2, 0.25) is 0 Å². The molecule has 0 radical (unpaired) electrons. The van der Waals surface area contributed by atoms with E-state index in [1.165, 1.54) is 25.7 Å². The van der Waals surface area contributed by atoms with E-state index in [9.17, 15) is 4.39 Å². The molecule has 18 heavy (non-hydrogen) atoms. The Bertz CT molecular complexity index is 379. The Balaban J connectivity index is 2.00. The molecule has 1 N–H and O–H groups in total. The third-order valence-corrected chi connectivity index (χ3v) is 4.58. The molecule has 1 aromatic rings. The number of nitrogens with one attached hydrogen (secondary N) is 1. The van der Waals surface area contributed by atoms with Gasteiger partial charge in [-0.05, 0) is 37.2 Å². The van der Waals surface area contributed by atoms with Gasteiger partial charge in [-0.1, -0.05) is 38.5 Å². The first-order valence-corrected chi connectivity index (χ1v) is 7.18. The summed E-state index contributed by atoms with van der Waals surface area (Å²) in [5.74, 6) is -0.0870. The average Bonchev–Trinajstić information content (AvgIpc) is 2.34. The second-order valence-corrected chi connectivity index (χ2v) is 5.57. The van der Waals surface area contributed by atoms with Crippen LogP contribution >= 0.6 is 0 Å². The highest BCUT2D eigenvalue weighted by Gasteiger charge is 2.35. The van der Waals surface area contributed by atoms with Gasteiger partial charge in [0.25, 0.3) is 0 Å². The Morgan fingerprint density at radius 1 is 1.28 bits per heavy atom. The van der Waals surface area contributed by atoms with Crippen LogP contribution in [0.5, 0.6) is 0 Å². The Morgan fingerprint density at radius 3 is 2.50 bits per heavy atom. The minimum Gasteiger partial charge on any atom is -0.309 e. The van der Waals surface area contributed by atoms with E-state index in [4.69, 9.17) is 0 Å². The molecule has 1 aromatic carbocycles. The molecule has 1 nitrogen and oxygen atoms in total. The highest BCUT2D eigenvalue weighted by atomic mass is 19.1. The van der Waals surface area contributed by atoms with Crippen molar-refractivity contribution in [3.8, 4) is 0 Å². The summed E-state index contributed by atoms with van der Waals surface area (Å²) in [6.07, 6.45) is 6.16. The van der Waals surface area contributed by atoms with Crippen molar-refractivity contribution in [2.24, 2.45) is 5.41 Å². The van der Waals surface area contributed by atoms with Crippen LogP contribution in [0.4, 0.5) is 4.39 Å². The first-order chi connectivity index (χ1) is 8.71. The Kier molecular flexibility index (Phi) is 4.39. The van der Waals surface area contributed by atoms with E-state index in [0.29, 0.717) is 5.41 Å². The first kappa shape index (κ1) is 13.5. The monoisotopic (exact) mass is 249 g/mol. The minimum absolute atomic E-state index is 0.0870. The van der Waals surface area contributed by atoms with E-state index in [1.807, 2.05) is 12.1 Å². The van der Waals surface area contributed by atoms with Crippen molar-refractivity contribution in [3.63, 3.8) is 0 Å². The van der Waals surface area contributed by atoms with Crippen LogP contribution in [0, 0.1) is 11.2 Å².